The quantitative estimate of drug-likeness (QED) is 0.483. The summed E-state index contributed by atoms with van der Waals surface area (Å²) >= 11 is 1.50. The van der Waals surface area contributed by atoms with Crippen LogP contribution in [0.1, 0.15) is 35.2 Å². The van der Waals surface area contributed by atoms with Gasteiger partial charge in [0, 0.05) is 34.8 Å². The van der Waals surface area contributed by atoms with E-state index in [0.717, 1.165) is 34.6 Å². The number of carbonyl (C=O) groups excluding carboxylic acids is 1. The third kappa shape index (κ3) is 4.98. The average Bonchev–Trinajstić information content (AvgIpc) is 3.41. The normalized spacial score (nSPS) is 14.1. The molecular formula is C22H23F3N4OS. The van der Waals surface area contributed by atoms with Crippen LogP contribution in [0.4, 0.5) is 18.9 Å². The highest BCUT2D eigenvalue weighted by molar-refractivity contribution is 7.98. The number of hydrogen-bond acceptors (Lipinski definition) is 4. The molecule has 3 aromatic rings. The fourth-order valence-electron chi connectivity index (χ4n) is 3.42. The van der Waals surface area contributed by atoms with Crippen LogP contribution >= 0.6 is 11.8 Å². The Balaban J connectivity index is 1.65. The number of rotatable bonds is 7. The van der Waals surface area contributed by atoms with E-state index in [-0.39, 0.29) is 12.5 Å². The molecule has 9 heteroatoms. The number of nitrogens with zero attached hydrogens (tertiary/aromatic N) is 2. The molecule has 1 aliphatic rings. The second-order valence-electron chi connectivity index (χ2n) is 7.70. The van der Waals surface area contributed by atoms with Crippen LogP contribution < -0.4 is 10.6 Å². The lowest BCUT2D eigenvalue weighted by molar-refractivity contribution is -0.131. The highest BCUT2D eigenvalue weighted by atomic mass is 32.2. The molecule has 1 saturated carbocycles. The van der Waals surface area contributed by atoms with Crippen molar-refractivity contribution in [1.29, 1.82) is 0 Å². The van der Waals surface area contributed by atoms with Gasteiger partial charge in [-0.05, 0) is 49.8 Å². The molecule has 0 saturated heterocycles. The zero-order valence-corrected chi connectivity index (χ0v) is 18.0. The molecule has 0 atom stereocenters. The minimum atomic E-state index is -4.22. The Morgan fingerprint density at radius 2 is 2.06 bits per heavy atom. The molecule has 1 amide bonds. The van der Waals surface area contributed by atoms with E-state index in [2.05, 4.69) is 15.6 Å². The van der Waals surface area contributed by atoms with Crippen LogP contribution in [0, 0.1) is 6.92 Å². The zero-order valence-electron chi connectivity index (χ0n) is 17.2. The number of benzene rings is 1. The topological polar surface area (TPSA) is 58.4 Å². The molecule has 2 N–H and O–H groups in total. The molecule has 1 fully saturated rings. The first-order valence-electron chi connectivity index (χ1n) is 10.0. The minimum Gasteiger partial charge on any atom is -0.382 e. The molecule has 0 unspecified atom stereocenters. The van der Waals surface area contributed by atoms with E-state index in [1.54, 1.807) is 6.20 Å². The SMILES string of the molecule is CSc1cc(NCCC(F)(F)F)c2ncc(-c3ccc(C(=O)NC4CC4)c(C)c3)n2c1. The zero-order chi connectivity index (χ0) is 22.2. The van der Waals surface area contributed by atoms with Crippen LogP contribution in [0.25, 0.3) is 16.9 Å². The lowest BCUT2D eigenvalue weighted by atomic mass is 10.0. The first-order chi connectivity index (χ1) is 14.7. The molecule has 4 rings (SSSR count). The van der Waals surface area contributed by atoms with Crippen LogP contribution in [0.2, 0.25) is 0 Å². The highest BCUT2D eigenvalue weighted by Gasteiger charge is 2.26. The molecule has 0 spiro atoms. The van der Waals surface area contributed by atoms with Crippen LogP contribution in [0.3, 0.4) is 0 Å². The summed E-state index contributed by atoms with van der Waals surface area (Å²) < 4.78 is 39.5. The van der Waals surface area contributed by atoms with Gasteiger partial charge in [0.15, 0.2) is 5.65 Å². The standard InChI is InChI=1S/C22H23F3N4OS/c1-13-9-14(3-6-17(13)21(30)28-15-4-5-15)19-11-27-20-18(26-8-7-22(23,24)25)10-16(31-2)12-29(19)20/h3,6,9-12,15,26H,4-5,7-8H2,1-2H3,(H,28,30). The number of thioether (sulfide) groups is 1. The molecule has 2 heterocycles. The van der Waals surface area contributed by atoms with Crippen molar-refractivity contribution in [2.75, 3.05) is 18.1 Å². The fraction of sp³-hybridized carbons (Fsp3) is 0.364. The lowest BCUT2D eigenvalue weighted by Gasteiger charge is -2.13. The Morgan fingerprint density at radius 1 is 1.29 bits per heavy atom. The van der Waals surface area contributed by atoms with Crippen molar-refractivity contribution in [3.8, 4) is 11.3 Å². The number of pyridine rings is 1. The Morgan fingerprint density at radius 3 is 2.71 bits per heavy atom. The van der Waals surface area contributed by atoms with Gasteiger partial charge in [-0.15, -0.1) is 11.8 Å². The smallest absolute Gasteiger partial charge is 0.382 e. The largest absolute Gasteiger partial charge is 0.390 e. The number of halogens is 3. The Bertz CT molecular complexity index is 1120. The molecule has 5 nitrogen and oxygen atoms in total. The van der Waals surface area contributed by atoms with Gasteiger partial charge in [-0.2, -0.15) is 13.2 Å². The second-order valence-corrected chi connectivity index (χ2v) is 8.58. The highest BCUT2D eigenvalue weighted by Crippen LogP contribution is 2.30. The number of amides is 1. The van der Waals surface area contributed by atoms with Gasteiger partial charge in [-0.1, -0.05) is 6.07 Å². The Hall–Kier alpha value is -2.68. The molecule has 31 heavy (non-hydrogen) atoms. The summed E-state index contributed by atoms with van der Waals surface area (Å²) in [5, 5.41) is 5.87. The number of anilines is 1. The molecule has 1 aromatic carbocycles. The van der Waals surface area contributed by atoms with Crippen molar-refractivity contribution in [2.45, 2.75) is 43.3 Å². The summed E-state index contributed by atoms with van der Waals surface area (Å²) in [4.78, 5) is 17.8. The molecule has 0 radical (unpaired) electrons. The van der Waals surface area contributed by atoms with Crippen molar-refractivity contribution in [3.05, 3.63) is 47.8 Å². The summed E-state index contributed by atoms with van der Waals surface area (Å²) in [7, 11) is 0. The van der Waals surface area contributed by atoms with Crippen LogP contribution in [-0.2, 0) is 0 Å². The van der Waals surface area contributed by atoms with Gasteiger partial charge in [-0.3, -0.25) is 9.20 Å². The Kier molecular flexibility index (Phi) is 5.88. The van der Waals surface area contributed by atoms with E-state index in [1.807, 2.05) is 48.0 Å². The van der Waals surface area contributed by atoms with Crippen molar-refractivity contribution in [3.63, 3.8) is 0 Å². The number of alkyl halides is 3. The fourth-order valence-corrected chi connectivity index (χ4v) is 3.87. The number of fused-ring (bicyclic) bond motifs is 1. The minimum absolute atomic E-state index is 0.0643. The number of imidazole rings is 1. The van der Waals surface area contributed by atoms with Gasteiger partial charge in [-0.25, -0.2) is 4.98 Å². The monoisotopic (exact) mass is 448 g/mol. The van der Waals surface area contributed by atoms with Crippen molar-refractivity contribution >= 4 is 29.0 Å². The summed E-state index contributed by atoms with van der Waals surface area (Å²) in [6.07, 6.45) is 2.46. The van der Waals surface area contributed by atoms with E-state index in [9.17, 15) is 18.0 Å². The maximum atomic E-state index is 12.6. The van der Waals surface area contributed by atoms with Crippen LogP contribution in [-0.4, -0.2) is 40.3 Å². The van der Waals surface area contributed by atoms with Gasteiger partial charge in [0.25, 0.3) is 5.91 Å². The first-order valence-corrected chi connectivity index (χ1v) is 11.3. The first kappa shape index (κ1) is 21.5. The number of aromatic nitrogens is 2. The molecule has 1 aliphatic carbocycles. The number of hydrogen-bond donors (Lipinski definition) is 2. The van der Waals surface area contributed by atoms with Gasteiger partial charge in [0.05, 0.1) is 24.0 Å². The summed E-state index contributed by atoms with van der Waals surface area (Å²) in [5.74, 6) is -0.0643. The maximum absolute atomic E-state index is 12.6. The second kappa shape index (κ2) is 8.45. The van der Waals surface area contributed by atoms with Crippen LogP contribution in [0.15, 0.2) is 41.6 Å². The van der Waals surface area contributed by atoms with E-state index >= 15 is 0 Å². The van der Waals surface area contributed by atoms with Gasteiger partial charge in [0.1, 0.15) is 0 Å². The number of nitrogens with one attached hydrogen (secondary N) is 2. The molecule has 0 bridgehead atoms. The van der Waals surface area contributed by atoms with Crippen molar-refractivity contribution < 1.29 is 18.0 Å². The van der Waals surface area contributed by atoms with Gasteiger partial charge < -0.3 is 10.6 Å². The van der Waals surface area contributed by atoms with Gasteiger partial charge >= 0.3 is 6.18 Å². The Labute approximate surface area is 182 Å². The maximum Gasteiger partial charge on any atom is 0.390 e. The lowest BCUT2D eigenvalue weighted by Crippen LogP contribution is -2.26. The predicted octanol–water partition coefficient (Wildman–Crippen LogP) is 5.29. The van der Waals surface area contributed by atoms with Crippen molar-refractivity contribution in [1.82, 2.24) is 14.7 Å². The third-order valence-corrected chi connectivity index (χ3v) is 5.91. The summed E-state index contributed by atoms with van der Waals surface area (Å²) in [6, 6.07) is 7.72. The van der Waals surface area contributed by atoms with E-state index in [4.69, 9.17) is 0 Å². The third-order valence-electron chi connectivity index (χ3n) is 5.22. The molecular weight excluding hydrogens is 425 g/mol. The summed E-state index contributed by atoms with van der Waals surface area (Å²) in [6.45, 7) is 1.68. The van der Waals surface area contributed by atoms with E-state index < -0.39 is 12.6 Å². The number of carbonyl (C=O) groups is 1. The number of aryl methyl sites for hydroxylation is 1. The average molecular weight is 449 g/mol. The van der Waals surface area contributed by atoms with Crippen LogP contribution in [0.5, 0.6) is 0 Å². The van der Waals surface area contributed by atoms with Crippen molar-refractivity contribution in [2.24, 2.45) is 0 Å². The van der Waals surface area contributed by atoms with E-state index in [1.165, 1.54) is 11.8 Å². The molecule has 164 valence electrons. The predicted molar refractivity (Wildman–Crippen MR) is 117 cm³/mol. The summed E-state index contributed by atoms with van der Waals surface area (Å²) in [5.41, 5.74) is 4.30. The van der Waals surface area contributed by atoms with E-state index in [0.29, 0.717) is 22.9 Å². The molecule has 0 aliphatic heterocycles. The molecule has 2 aromatic heterocycles. The van der Waals surface area contributed by atoms with Gasteiger partial charge in [0.2, 0.25) is 0 Å².